The third-order valence-corrected chi connectivity index (χ3v) is 5.05. The van der Waals surface area contributed by atoms with E-state index in [9.17, 15) is 4.79 Å². The number of aromatic nitrogens is 2. The molecule has 1 atom stereocenters. The number of carbonyl (C=O) groups is 1. The third kappa shape index (κ3) is 4.24. The number of rotatable bonds is 4. The van der Waals surface area contributed by atoms with E-state index in [1.165, 1.54) is 0 Å². The first-order valence-electron chi connectivity index (χ1n) is 8.16. The number of thioether (sulfide) groups is 1. The van der Waals surface area contributed by atoms with Crippen molar-refractivity contribution < 1.29 is 14.1 Å². The molecule has 1 amide bonds. The van der Waals surface area contributed by atoms with Gasteiger partial charge in [-0.15, -0.1) is 0 Å². The molecular formula is C15H24N4O3S. The van der Waals surface area contributed by atoms with Crippen LogP contribution in [0.25, 0.3) is 0 Å². The lowest BCUT2D eigenvalue weighted by Gasteiger charge is -2.35. The van der Waals surface area contributed by atoms with Crippen LogP contribution in [0.5, 0.6) is 0 Å². The summed E-state index contributed by atoms with van der Waals surface area (Å²) in [6.45, 7) is 8.22. The minimum absolute atomic E-state index is 0.114. The van der Waals surface area contributed by atoms with Crippen LogP contribution in [0.2, 0.25) is 0 Å². The Balaban J connectivity index is 1.55. The second-order valence-electron chi connectivity index (χ2n) is 6.23. The molecule has 23 heavy (non-hydrogen) atoms. The molecule has 0 aliphatic carbocycles. The molecule has 2 fully saturated rings. The molecule has 0 bridgehead atoms. The van der Waals surface area contributed by atoms with E-state index in [0.29, 0.717) is 25.6 Å². The van der Waals surface area contributed by atoms with Gasteiger partial charge in [0.25, 0.3) is 5.91 Å². The van der Waals surface area contributed by atoms with Gasteiger partial charge < -0.3 is 14.2 Å². The fraction of sp³-hybridized carbons (Fsp3) is 0.800. The van der Waals surface area contributed by atoms with Crippen molar-refractivity contribution in [3.8, 4) is 0 Å². The molecule has 1 aromatic heterocycles. The Labute approximate surface area is 140 Å². The fourth-order valence-electron chi connectivity index (χ4n) is 2.74. The van der Waals surface area contributed by atoms with Crippen molar-refractivity contribution in [1.29, 1.82) is 0 Å². The number of hydrogen-bond acceptors (Lipinski definition) is 7. The normalized spacial score (nSPS) is 23.4. The van der Waals surface area contributed by atoms with E-state index in [1.807, 2.05) is 30.5 Å². The molecule has 1 aromatic rings. The van der Waals surface area contributed by atoms with Gasteiger partial charge in [-0.3, -0.25) is 9.69 Å². The Morgan fingerprint density at radius 1 is 1.35 bits per heavy atom. The molecule has 2 aliphatic heterocycles. The predicted octanol–water partition coefficient (Wildman–Crippen LogP) is 0.969. The molecule has 3 rings (SSSR count). The summed E-state index contributed by atoms with van der Waals surface area (Å²) in [5, 5.41) is 3.99. The van der Waals surface area contributed by atoms with Gasteiger partial charge in [0.1, 0.15) is 6.10 Å². The summed E-state index contributed by atoms with van der Waals surface area (Å²) in [5.74, 6) is 3.74. The van der Waals surface area contributed by atoms with Crippen molar-refractivity contribution in [2.24, 2.45) is 0 Å². The van der Waals surface area contributed by atoms with Crippen LogP contribution in [0.15, 0.2) is 4.52 Å². The summed E-state index contributed by atoms with van der Waals surface area (Å²) in [7, 11) is 0. The minimum Gasteiger partial charge on any atom is -0.366 e. The Kier molecular flexibility index (Phi) is 5.55. The summed E-state index contributed by atoms with van der Waals surface area (Å²) in [5.41, 5.74) is 0. The topological polar surface area (TPSA) is 71.7 Å². The molecule has 0 spiro atoms. The molecule has 2 aliphatic rings. The van der Waals surface area contributed by atoms with Gasteiger partial charge in [-0.2, -0.15) is 16.7 Å². The van der Waals surface area contributed by atoms with Crippen LogP contribution in [0, 0.1) is 0 Å². The zero-order valence-corrected chi connectivity index (χ0v) is 14.5. The number of carbonyl (C=O) groups excluding carboxylic acids is 1. The van der Waals surface area contributed by atoms with Crippen molar-refractivity contribution in [2.75, 3.05) is 44.3 Å². The number of nitrogens with zero attached hydrogens (tertiary/aromatic N) is 4. The van der Waals surface area contributed by atoms with Gasteiger partial charge in [-0.1, -0.05) is 19.0 Å². The Bertz CT molecular complexity index is 531. The van der Waals surface area contributed by atoms with E-state index in [-0.39, 0.29) is 17.9 Å². The highest BCUT2D eigenvalue weighted by atomic mass is 32.2. The SMILES string of the molecule is CC(C)c1noc(CN2CCOC(C(=O)N3CCSCC3)C2)n1. The first-order valence-corrected chi connectivity index (χ1v) is 9.32. The number of hydrogen-bond donors (Lipinski definition) is 0. The average Bonchev–Trinajstić information content (AvgIpc) is 3.04. The Morgan fingerprint density at radius 3 is 2.83 bits per heavy atom. The third-order valence-electron chi connectivity index (χ3n) is 4.11. The largest absolute Gasteiger partial charge is 0.366 e. The highest BCUT2D eigenvalue weighted by Gasteiger charge is 2.31. The average molecular weight is 340 g/mol. The van der Waals surface area contributed by atoms with E-state index in [0.717, 1.165) is 37.0 Å². The molecule has 0 radical (unpaired) electrons. The molecule has 1 unspecified atom stereocenters. The Hall–Kier alpha value is -1.12. The molecule has 8 heteroatoms. The zero-order chi connectivity index (χ0) is 16.2. The van der Waals surface area contributed by atoms with Gasteiger partial charge in [0, 0.05) is 43.6 Å². The summed E-state index contributed by atoms with van der Waals surface area (Å²) in [6.07, 6.45) is -0.376. The van der Waals surface area contributed by atoms with Crippen molar-refractivity contribution in [3.63, 3.8) is 0 Å². The molecule has 7 nitrogen and oxygen atoms in total. The lowest BCUT2D eigenvalue weighted by Crippen LogP contribution is -2.52. The predicted molar refractivity (Wildman–Crippen MR) is 87.3 cm³/mol. The van der Waals surface area contributed by atoms with Gasteiger partial charge in [0.2, 0.25) is 5.89 Å². The Morgan fingerprint density at radius 2 is 2.13 bits per heavy atom. The maximum atomic E-state index is 12.6. The highest BCUT2D eigenvalue weighted by molar-refractivity contribution is 7.99. The minimum atomic E-state index is -0.376. The van der Waals surface area contributed by atoms with Crippen molar-refractivity contribution in [3.05, 3.63) is 11.7 Å². The quantitative estimate of drug-likeness (QED) is 0.809. The summed E-state index contributed by atoms with van der Waals surface area (Å²) in [4.78, 5) is 21.0. The fourth-order valence-corrected chi connectivity index (χ4v) is 3.64. The van der Waals surface area contributed by atoms with E-state index in [1.54, 1.807) is 0 Å². The number of ether oxygens (including phenoxy) is 1. The van der Waals surface area contributed by atoms with E-state index in [2.05, 4.69) is 15.0 Å². The van der Waals surface area contributed by atoms with E-state index < -0.39 is 0 Å². The monoisotopic (exact) mass is 340 g/mol. The second kappa shape index (κ2) is 7.63. The summed E-state index contributed by atoms with van der Waals surface area (Å²) < 4.78 is 11.0. The van der Waals surface area contributed by atoms with Gasteiger partial charge in [-0.25, -0.2) is 0 Å². The highest BCUT2D eigenvalue weighted by Crippen LogP contribution is 2.16. The maximum absolute atomic E-state index is 12.6. The lowest BCUT2D eigenvalue weighted by atomic mass is 10.2. The van der Waals surface area contributed by atoms with Crippen LogP contribution in [0.3, 0.4) is 0 Å². The van der Waals surface area contributed by atoms with Crippen molar-refractivity contribution in [1.82, 2.24) is 19.9 Å². The molecule has 0 saturated carbocycles. The standard InChI is InChI=1S/C15H24N4O3S/c1-11(2)14-16-13(22-17-14)10-18-3-6-21-12(9-18)15(20)19-4-7-23-8-5-19/h11-12H,3-10H2,1-2H3. The maximum Gasteiger partial charge on any atom is 0.253 e. The first kappa shape index (κ1) is 16.7. The van der Waals surface area contributed by atoms with Crippen LogP contribution < -0.4 is 0 Å². The molecule has 0 aromatic carbocycles. The van der Waals surface area contributed by atoms with Crippen molar-refractivity contribution in [2.45, 2.75) is 32.4 Å². The first-order chi connectivity index (χ1) is 11.1. The van der Waals surface area contributed by atoms with Gasteiger partial charge in [-0.05, 0) is 0 Å². The van der Waals surface area contributed by atoms with Crippen LogP contribution >= 0.6 is 11.8 Å². The molecular weight excluding hydrogens is 316 g/mol. The van der Waals surface area contributed by atoms with Crippen LogP contribution in [0.4, 0.5) is 0 Å². The summed E-state index contributed by atoms with van der Waals surface area (Å²) in [6, 6.07) is 0. The molecule has 0 N–H and O–H groups in total. The van der Waals surface area contributed by atoms with E-state index in [4.69, 9.17) is 9.26 Å². The van der Waals surface area contributed by atoms with Crippen LogP contribution in [0.1, 0.15) is 31.5 Å². The van der Waals surface area contributed by atoms with Crippen LogP contribution in [-0.2, 0) is 16.1 Å². The summed E-state index contributed by atoms with van der Waals surface area (Å²) >= 11 is 1.90. The van der Waals surface area contributed by atoms with Crippen molar-refractivity contribution >= 4 is 17.7 Å². The number of amides is 1. The molecule has 2 saturated heterocycles. The van der Waals surface area contributed by atoms with Gasteiger partial charge in [0.05, 0.1) is 13.2 Å². The second-order valence-corrected chi connectivity index (χ2v) is 7.46. The lowest BCUT2D eigenvalue weighted by molar-refractivity contribution is -0.149. The van der Waals surface area contributed by atoms with Gasteiger partial charge >= 0.3 is 0 Å². The zero-order valence-electron chi connectivity index (χ0n) is 13.7. The molecule has 3 heterocycles. The van der Waals surface area contributed by atoms with Gasteiger partial charge in [0.15, 0.2) is 5.82 Å². The van der Waals surface area contributed by atoms with Crippen LogP contribution in [-0.4, -0.2) is 76.2 Å². The van der Waals surface area contributed by atoms with E-state index >= 15 is 0 Å². The molecule has 128 valence electrons. The number of morpholine rings is 1. The smallest absolute Gasteiger partial charge is 0.253 e.